The van der Waals surface area contributed by atoms with Crippen molar-refractivity contribution in [3.8, 4) is 0 Å². The molecule has 0 radical (unpaired) electrons. The molecule has 3 N–H and O–H groups in total. The van der Waals surface area contributed by atoms with Crippen molar-refractivity contribution in [2.45, 2.75) is 12.2 Å². The topological polar surface area (TPSA) is 87.5 Å². The average Bonchev–Trinajstić information content (AvgIpc) is 2.53. The van der Waals surface area contributed by atoms with Crippen LogP contribution in [-0.4, -0.2) is 37.1 Å². The molecule has 12 heavy (non-hydrogen) atoms. The highest BCUT2D eigenvalue weighted by Gasteiger charge is 2.25. The van der Waals surface area contributed by atoms with E-state index in [0.29, 0.717) is 5.84 Å². The van der Waals surface area contributed by atoms with Crippen LogP contribution in [0.25, 0.3) is 0 Å². The van der Waals surface area contributed by atoms with Gasteiger partial charge in [-0.2, -0.15) is 0 Å². The Morgan fingerprint density at radius 3 is 2.58 bits per heavy atom. The van der Waals surface area contributed by atoms with Gasteiger partial charge in [-0.25, -0.2) is 15.0 Å². The number of nitrogens with two attached hydrogens (primary N) is 1. The van der Waals surface area contributed by atoms with E-state index in [2.05, 4.69) is 25.3 Å². The number of amidine groups is 1. The summed E-state index contributed by atoms with van der Waals surface area (Å²) >= 11 is 0. The van der Waals surface area contributed by atoms with Crippen LogP contribution in [0, 0.1) is 0 Å². The first-order valence-corrected chi connectivity index (χ1v) is 3.52. The van der Waals surface area contributed by atoms with Gasteiger partial charge in [-0.15, -0.1) is 0 Å². The first-order valence-electron chi connectivity index (χ1n) is 3.52. The van der Waals surface area contributed by atoms with Crippen LogP contribution >= 0.6 is 0 Å². The van der Waals surface area contributed by atoms with Crippen LogP contribution in [0.4, 0.5) is 0 Å². The summed E-state index contributed by atoms with van der Waals surface area (Å²) in [6.45, 7) is 0. The Hall–Kier alpha value is -1.72. The zero-order chi connectivity index (χ0) is 8.39. The normalized spacial score (nSPS) is 27.3. The van der Waals surface area contributed by atoms with Crippen LogP contribution in [0.5, 0.6) is 0 Å². The Balaban J connectivity index is 2.14. The van der Waals surface area contributed by atoms with E-state index < -0.39 is 0 Å². The molecule has 6 nitrogen and oxygen atoms in total. The Kier molecular flexibility index (Phi) is 1.58. The lowest BCUT2D eigenvalue weighted by molar-refractivity contribution is 0.656. The minimum atomic E-state index is -0.256. The van der Waals surface area contributed by atoms with Gasteiger partial charge in [-0.1, -0.05) is 0 Å². The van der Waals surface area contributed by atoms with Crippen molar-refractivity contribution in [3.63, 3.8) is 0 Å². The maximum atomic E-state index is 5.57. The summed E-state index contributed by atoms with van der Waals surface area (Å²) < 4.78 is 0. The molecule has 2 aliphatic heterocycles. The predicted octanol–water partition coefficient (Wildman–Crippen LogP) is -1.26. The van der Waals surface area contributed by atoms with Crippen molar-refractivity contribution in [1.82, 2.24) is 5.32 Å². The van der Waals surface area contributed by atoms with Gasteiger partial charge in [0.05, 0.1) is 12.7 Å². The van der Waals surface area contributed by atoms with Crippen molar-refractivity contribution in [3.05, 3.63) is 0 Å². The van der Waals surface area contributed by atoms with E-state index in [1.165, 1.54) is 6.34 Å². The second-order valence-corrected chi connectivity index (χ2v) is 2.40. The van der Waals surface area contributed by atoms with E-state index >= 15 is 0 Å². The van der Waals surface area contributed by atoms with Crippen LogP contribution in [0.15, 0.2) is 20.0 Å². The van der Waals surface area contributed by atoms with E-state index in [1.807, 2.05) is 0 Å². The fraction of sp³-hybridized carbons (Fsp3) is 0.333. The van der Waals surface area contributed by atoms with Crippen molar-refractivity contribution in [2.75, 3.05) is 0 Å². The van der Waals surface area contributed by atoms with Gasteiger partial charge in [-0.05, 0) is 0 Å². The lowest BCUT2D eigenvalue weighted by Gasteiger charge is -2.14. The third kappa shape index (κ3) is 1.07. The second kappa shape index (κ2) is 2.72. The van der Waals surface area contributed by atoms with Crippen LogP contribution < -0.4 is 11.1 Å². The monoisotopic (exact) mass is 164 g/mol. The molecular weight excluding hydrogens is 156 g/mol. The molecule has 0 saturated heterocycles. The molecule has 1 atom stereocenters. The van der Waals surface area contributed by atoms with E-state index in [1.54, 1.807) is 12.7 Å². The molecule has 0 aliphatic carbocycles. The summed E-state index contributed by atoms with van der Waals surface area (Å²) in [6.07, 6.45) is 4.32. The zero-order valence-corrected chi connectivity index (χ0v) is 6.25. The molecule has 2 aliphatic rings. The first kappa shape index (κ1) is 6.96. The molecule has 0 fully saturated rings. The number of nitrogens with one attached hydrogen (secondary N) is 1. The van der Waals surface area contributed by atoms with Crippen molar-refractivity contribution in [2.24, 2.45) is 25.7 Å². The SMILES string of the molecule is NC1=NC=NC1C1N=CNC=N1. The fourth-order valence-electron chi connectivity index (χ4n) is 1.03. The smallest absolute Gasteiger partial charge is 0.172 e. The maximum absolute atomic E-state index is 5.57. The largest absolute Gasteiger partial charge is 0.385 e. The molecule has 0 saturated carbocycles. The van der Waals surface area contributed by atoms with Gasteiger partial charge in [0.15, 0.2) is 12.2 Å². The third-order valence-corrected chi connectivity index (χ3v) is 1.62. The minimum absolute atomic E-state index is 0.223. The maximum Gasteiger partial charge on any atom is 0.172 e. The van der Waals surface area contributed by atoms with Gasteiger partial charge in [0, 0.05) is 0 Å². The molecule has 0 bridgehead atoms. The number of hydrogen-bond donors (Lipinski definition) is 2. The first-order chi connectivity index (χ1) is 5.88. The molecular formula is C6H8N6. The van der Waals surface area contributed by atoms with E-state index in [4.69, 9.17) is 5.73 Å². The minimum Gasteiger partial charge on any atom is -0.385 e. The highest BCUT2D eigenvalue weighted by molar-refractivity contribution is 5.97. The molecule has 0 amide bonds. The highest BCUT2D eigenvalue weighted by atomic mass is 15.2. The number of aliphatic imine (C=N–C) groups is 4. The Morgan fingerprint density at radius 1 is 1.25 bits per heavy atom. The van der Waals surface area contributed by atoms with Crippen LogP contribution in [-0.2, 0) is 0 Å². The zero-order valence-electron chi connectivity index (χ0n) is 6.25. The van der Waals surface area contributed by atoms with Crippen molar-refractivity contribution in [1.29, 1.82) is 0 Å². The van der Waals surface area contributed by atoms with Gasteiger partial charge < -0.3 is 11.1 Å². The van der Waals surface area contributed by atoms with E-state index in [0.717, 1.165) is 0 Å². The number of hydrogen-bond acceptors (Lipinski definition) is 6. The molecule has 2 rings (SSSR count). The summed E-state index contributed by atoms with van der Waals surface area (Å²) in [5, 5.41) is 2.74. The Labute approximate surface area is 69.0 Å². The van der Waals surface area contributed by atoms with Crippen LogP contribution in [0.3, 0.4) is 0 Å². The van der Waals surface area contributed by atoms with Gasteiger partial charge in [0.25, 0.3) is 0 Å². The lowest BCUT2D eigenvalue weighted by atomic mass is 10.2. The van der Waals surface area contributed by atoms with Gasteiger partial charge in [-0.3, -0.25) is 4.99 Å². The Morgan fingerprint density at radius 2 is 2.00 bits per heavy atom. The van der Waals surface area contributed by atoms with E-state index in [9.17, 15) is 0 Å². The quantitative estimate of drug-likeness (QED) is 0.506. The standard InChI is InChI=1S/C6H8N6/c7-5-4(9-3-10-5)6-11-1-8-2-12-6/h1-4,6H,(H2,7,9,10)(H,8,11,12). The van der Waals surface area contributed by atoms with Gasteiger partial charge in [0.2, 0.25) is 0 Å². The number of nitrogens with zero attached hydrogens (tertiary/aromatic N) is 4. The molecule has 6 heteroatoms. The summed E-state index contributed by atoms with van der Waals surface area (Å²) in [4.78, 5) is 16.0. The molecule has 0 spiro atoms. The summed E-state index contributed by atoms with van der Waals surface area (Å²) in [6, 6.07) is -0.223. The molecule has 2 heterocycles. The molecule has 0 aromatic carbocycles. The van der Waals surface area contributed by atoms with Crippen molar-refractivity contribution >= 4 is 24.9 Å². The predicted molar refractivity (Wildman–Crippen MR) is 47.8 cm³/mol. The summed E-state index contributed by atoms with van der Waals surface area (Å²) in [5.74, 6) is 0.469. The van der Waals surface area contributed by atoms with Crippen molar-refractivity contribution < 1.29 is 0 Å². The highest BCUT2D eigenvalue weighted by Crippen LogP contribution is 2.09. The van der Waals surface area contributed by atoms with Gasteiger partial charge in [0.1, 0.15) is 12.2 Å². The lowest BCUT2D eigenvalue weighted by Crippen LogP contribution is -2.36. The fourth-order valence-corrected chi connectivity index (χ4v) is 1.03. The summed E-state index contributed by atoms with van der Waals surface area (Å²) in [5.41, 5.74) is 5.57. The third-order valence-electron chi connectivity index (χ3n) is 1.62. The molecule has 62 valence electrons. The summed E-state index contributed by atoms with van der Waals surface area (Å²) in [7, 11) is 0. The second-order valence-electron chi connectivity index (χ2n) is 2.40. The molecule has 1 unspecified atom stereocenters. The van der Waals surface area contributed by atoms with Crippen LogP contribution in [0.1, 0.15) is 0 Å². The van der Waals surface area contributed by atoms with Crippen LogP contribution in [0.2, 0.25) is 0 Å². The molecule has 0 aromatic heterocycles. The average molecular weight is 164 g/mol. The molecule has 0 aromatic rings. The van der Waals surface area contributed by atoms with E-state index in [-0.39, 0.29) is 12.2 Å². The Bertz CT molecular complexity index is 276. The van der Waals surface area contributed by atoms with Gasteiger partial charge >= 0.3 is 0 Å². The number of rotatable bonds is 1.